The van der Waals surface area contributed by atoms with Gasteiger partial charge in [0.1, 0.15) is 11.3 Å². The number of hydrogen-bond donors (Lipinski definition) is 3. The van der Waals surface area contributed by atoms with Crippen LogP contribution in [0.3, 0.4) is 0 Å². The van der Waals surface area contributed by atoms with Crippen molar-refractivity contribution >= 4 is 22.7 Å². The lowest BCUT2D eigenvalue weighted by atomic mass is 9.71. The van der Waals surface area contributed by atoms with Gasteiger partial charge in [0.05, 0.1) is 13.5 Å². The fourth-order valence-electron chi connectivity index (χ4n) is 6.09. The van der Waals surface area contributed by atoms with E-state index in [4.69, 9.17) is 4.74 Å². The molecule has 2 amide bonds. The van der Waals surface area contributed by atoms with Crippen LogP contribution in [0.5, 0.6) is 5.75 Å². The Morgan fingerprint density at radius 3 is 2.50 bits per heavy atom. The Morgan fingerprint density at radius 1 is 0.975 bits per heavy atom. The van der Waals surface area contributed by atoms with E-state index < -0.39 is 5.54 Å². The van der Waals surface area contributed by atoms with Gasteiger partial charge in [-0.05, 0) is 49.6 Å². The highest BCUT2D eigenvalue weighted by Crippen LogP contribution is 2.38. The maximum Gasteiger partial charge on any atom is 0.245 e. The normalized spacial score (nSPS) is 16.1. The number of hydrogen-bond acceptors (Lipinski definition) is 4. The average Bonchev–Trinajstić information content (AvgIpc) is 3.39. The van der Waals surface area contributed by atoms with Crippen LogP contribution in [0.25, 0.3) is 10.9 Å². The molecule has 2 aromatic heterocycles. The molecule has 4 aromatic rings. The number of amides is 2. The summed E-state index contributed by atoms with van der Waals surface area (Å²) in [6.45, 7) is 2.30. The minimum atomic E-state index is -1.18. The van der Waals surface area contributed by atoms with Gasteiger partial charge >= 0.3 is 0 Å². The Balaban J connectivity index is 1.40. The molecule has 2 aromatic carbocycles. The number of ether oxygens (including phenoxy) is 1. The Hall–Kier alpha value is -4.13. The van der Waals surface area contributed by atoms with Gasteiger partial charge < -0.3 is 20.4 Å². The largest absolute Gasteiger partial charge is 0.496 e. The highest BCUT2D eigenvalue weighted by molar-refractivity contribution is 5.93. The number of nitrogens with one attached hydrogen (secondary N) is 3. The van der Waals surface area contributed by atoms with Gasteiger partial charge in [0.25, 0.3) is 0 Å². The van der Waals surface area contributed by atoms with Crippen molar-refractivity contribution in [2.75, 3.05) is 13.7 Å². The third-order valence-electron chi connectivity index (χ3n) is 8.29. The molecule has 7 nitrogen and oxygen atoms in total. The van der Waals surface area contributed by atoms with Gasteiger partial charge in [0.2, 0.25) is 11.8 Å². The first-order valence-electron chi connectivity index (χ1n) is 14.1. The number of pyridine rings is 1. The zero-order valence-electron chi connectivity index (χ0n) is 23.3. The zero-order valence-corrected chi connectivity index (χ0v) is 23.3. The molecular formula is C33H38N4O3. The Labute approximate surface area is 235 Å². The molecule has 1 aliphatic rings. The number of methoxy groups -OCH3 is 1. The molecule has 3 N–H and O–H groups in total. The van der Waals surface area contributed by atoms with Crippen molar-refractivity contribution in [3.8, 4) is 5.75 Å². The van der Waals surface area contributed by atoms with E-state index in [0.717, 1.165) is 53.4 Å². The lowest BCUT2D eigenvalue weighted by Crippen LogP contribution is -2.60. The summed E-state index contributed by atoms with van der Waals surface area (Å²) in [5.74, 6) is 0.209. The van der Waals surface area contributed by atoms with E-state index in [0.29, 0.717) is 18.7 Å². The molecule has 1 fully saturated rings. The minimum absolute atomic E-state index is 0.110. The second kappa shape index (κ2) is 11.9. The van der Waals surface area contributed by atoms with E-state index >= 15 is 0 Å². The van der Waals surface area contributed by atoms with Gasteiger partial charge in [-0.2, -0.15) is 0 Å². The summed E-state index contributed by atoms with van der Waals surface area (Å²) in [6, 6.07) is 21.5. The van der Waals surface area contributed by atoms with Gasteiger partial charge in [-0.3, -0.25) is 14.6 Å². The van der Waals surface area contributed by atoms with Crippen LogP contribution in [0.2, 0.25) is 0 Å². The summed E-state index contributed by atoms with van der Waals surface area (Å²) >= 11 is 0. The number of para-hydroxylation sites is 2. The van der Waals surface area contributed by atoms with Crippen molar-refractivity contribution in [3.63, 3.8) is 0 Å². The number of carbonyl (C=O) groups is 2. The van der Waals surface area contributed by atoms with E-state index in [9.17, 15) is 9.59 Å². The monoisotopic (exact) mass is 538 g/mol. The van der Waals surface area contributed by atoms with Crippen LogP contribution in [0, 0.1) is 0 Å². The molecule has 0 aliphatic heterocycles. The molecule has 40 heavy (non-hydrogen) atoms. The van der Waals surface area contributed by atoms with Crippen molar-refractivity contribution in [1.29, 1.82) is 0 Å². The molecule has 0 unspecified atom stereocenters. The zero-order chi connectivity index (χ0) is 28.0. The first kappa shape index (κ1) is 27.4. The SMILES string of the molecule is COc1ccccc1CC(=O)N[C@@](C)(Cc1c[nH]c2ccccc12)C(=O)NCC1(c2ccccn2)CCCCC1. The third-order valence-corrected chi connectivity index (χ3v) is 8.29. The molecule has 7 heteroatoms. The molecule has 0 bridgehead atoms. The molecule has 1 saturated carbocycles. The first-order valence-corrected chi connectivity index (χ1v) is 14.1. The number of fused-ring (bicyclic) bond motifs is 1. The predicted octanol–water partition coefficient (Wildman–Crippen LogP) is 5.25. The lowest BCUT2D eigenvalue weighted by molar-refractivity contribution is -0.133. The van der Waals surface area contributed by atoms with E-state index in [2.05, 4.69) is 26.7 Å². The molecule has 1 aliphatic carbocycles. The van der Waals surface area contributed by atoms with Crippen molar-refractivity contribution < 1.29 is 14.3 Å². The standard InChI is InChI=1S/C33H38N4O3/c1-32(21-25-22-35-27-14-6-5-13-26(25)27,37-30(38)20-24-12-4-7-15-28(24)40-2)31(39)36-23-33(17-9-3-10-18-33)29-16-8-11-19-34-29/h4-8,11-16,19,22,35H,3,9-10,17-18,20-21,23H2,1-2H3,(H,36,39)(H,37,38)/t32-/m0/s1. The summed E-state index contributed by atoms with van der Waals surface area (Å²) in [5, 5.41) is 7.40. The van der Waals surface area contributed by atoms with Gasteiger partial charge in [0, 0.05) is 52.9 Å². The van der Waals surface area contributed by atoms with Crippen LogP contribution < -0.4 is 15.4 Å². The van der Waals surface area contributed by atoms with Crippen LogP contribution in [-0.4, -0.2) is 41.0 Å². The second-order valence-corrected chi connectivity index (χ2v) is 11.1. The lowest BCUT2D eigenvalue weighted by Gasteiger charge is -2.38. The molecular weight excluding hydrogens is 500 g/mol. The number of carbonyl (C=O) groups excluding carboxylic acids is 2. The highest BCUT2D eigenvalue weighted by Gasteiger charge is 2.40. The topological polar surface area (TPSA) is 96.1 Å². The second-order valence-electron chi connectivity index (χ2n) is 11.1. The minimum Gasteiger partial charge on any atom is -0.496 e. The summed E-state index contributed by atoms with van der Waals surface area (Å²) in [5.41, 5.74) is 2.38. The fraction of sp³-hybridized carbons (Fsp3) is 0.364. The molecule has 208 valence electrons. The number of rotatable bonds is 10. The maximum absolute atomic E-state index is 14.1. The summed E-state index contributed by atoms with van der Waals surface area (Å²) in [4.78, 5) is 35.5. The van der Waals surface area contributed by atoms with Gasteiger partial charge in [0.15, 0.2) is 0 Å². The van der Waals surface area contributed by atoms with Crippen LogP contribution in [0.4, 0.5) is 0 Å². The van der Waals surface area contributed by atoms with Gasteiger partial charge in [-0.15, -0.1) is 0 Å². The molecule has 0 radical (unpaired) electrons. The van der Waals surface area contributed by atoms with Gasteiger partial charge in [-0.25, -0.2) is 0 Å². The molecule has 0 spiro atoms. The average molecular weight is 539 g/mol. The van der Waals surface area contributed by atoms with Crippen LogP contribution in [-0.2, 0) is 27.8 Å². The summed E-state index contributed by atoms with van der Waals surface area (Å²) in [6.07, 6.45) is 9.57. The molecule has 1 atom stereocenters. The highest BCUT2D eigenvalue weighted by atomic mass is 16.5. The first-order chi connectivity index (χ1) is 19.4. The Bertz CT molecular complexity index is 1460. The van der Waals surface area contributed by atoms with Crippen LogP contribution in [0.15, 0.2) is 79.1 Å². The quantitative estimate of drug-likeness (QED) is 0.257. The van der Waals surface area contributed by atoms with Gasteiger partial charge in [-0.1, -0.05) is 61.7 Å². The van der Waals surface area contributed by atoms with E-state index in [1.54, 1.807) is 7.11 Å². The van der Waals surface area contributed by atoms with E-state index in [1.165, 1.54) is 6.42 Å². The number of nitrogens with zero attached hydrogens (tertiary/aromatic N) is 1. The smallest absolute Gasteiger partial charge is 0.245 e. The Morgan fingerprint density at radius 2 is 1.73 bits per heavy atom. The maximum atomic E-state index is 14.1. The molecule has 0 saturated heterocycles. The van der Waals surface area contributed by atoms with Crippen molar-refractivity contribution in [2.24, 2.45) is 0 Å². The number of aromatic nitrogens is 2. The number of H-pyrrole nitrogens is 1. The summed E-state index contributed by atoms with van der Waals surface area (Å²) in [7, 11) is 1.59. The third kappa shape index (κ3) is 5.88. The van der Waals surface area contributed by atoms with Crippen molar-refractivity contribution in [1.82, 2.24) is 20.6 Å². The van der Waals surface area contributed by atoms with Crippen LogP contribution >= 0.6 is 0 Å². The van der Waals surface area contributed by atoms with Crippen LogP contribution in [0.1, 0.15) is 55.8 Å². The summed E-state index contributed by atoms with van der Waals surface area (Å²) < 4.78 is 5.45. The molecule has 5 rings (SSSR count). The number of aromatic amines is 1. The Kier molecular flexibility index (Phi) is 8.19. The molecule has 2 heterocycles. The van der Waals surface area contributed by atoms with E-state index in [1.807, 2.05) is 80.0 Å². The van der Waals surface area contributed by atoms with E-state index in [-0.39, 0.29) is 23.7 Å². The van der Waals surface area contributed by atoms with Crippen molar-refractivity contribution in [2.45, 2.75) is 62.8 Å². The number of benzene rings is 2. The fourth-order valence-corrected chi connectivity index (χ4v) is 6.09. The predicted molar refractivity (Wildman–Crippen MR) is 157 cm³/mol. The van der Waals surface area contributed by atoms with Crippen molar-refractivity contribution in [3.05, 3.63) is 95.9 Å².